The largest absolute Gasteiger partial charge is 0.455 e. The molecule has 0 saturated heterocycles. The highest BCUT2D eigenvalue weighted by atomic mass is 16.5. The number of urea groups is 1. The highest BCUT2D eigenvalue weighted by Gasteiger charge is 2.30. The number of rotatable bonds is 6. The summed E-state index contributed by atoms with van der Waals surface area (Å²) >= 11 is 0. The van der Waals surface area contributed by atoms with Gasteiger partial charge in [0.05, 0.1) is 6.42 Å². The molecule has 3 amide bonds. The van der Waals surface area contributed by atoms with Crippen molar-refractivity contribution in [3.8, 4) is 0 Å². The van der Waals surface area contributed by atoms with Crippen LogP contribution in [0, 0.1) is 0 Å². The molecule has 1 aliphatic heterocycles. The average Bonchev–Trinajstić information content (AvgIpc) is 3.02. The second-order valence-electron chi connectivity index (χ2n) is 6.60. The zero-order valence-corrected chi connectivity index (χ0v) is 15.7. The fourth-order valence-corrected chi connectivity index (χ4v) is 3.20. The quantitative estimate of drug-likeness (QED) is 0.753. The Hall–Kier alpha value is -3.35. The number of para-hydroxylation sites is 2. The molecule has 3 rings (SSSR count). The zero-order valence-electron chi connectivity index (χ0n) is 15.7. The molecule has 0 aromatic heterocycles. The molecule has 2 aromatic rings. The minimum atomic E-state index is -0.534. The molecule has 1 heterocycles. The monoisotopic (exact) mass is 381 g/mol. The van der Waals surface area contributed by atoms with Gasteiger partial charge >= 0.3 is 12.0 Å². The van der Waals surface area contributed by atoms with Crippen LogP contribution in [0.5, 0.6) is 0 Å². The topological polar surface area (TPSA) is 87.7 Å². The fraction of sp³-hybridized carbons (Fsp3) is 0.286. The van der Waals surface area contributed by atoms with E-state index in [1.165, 1.54) is 0 Å². The number of anilines is 2. The van der Waals surface area contributed by atoms with Gasteiger partial charge in [0.15, 0.2) is 6.61 Å². The van der Waals surface area contributed by atoms with Crippen LogP contribution < -0.4 is 15.5 Å². The van der Waals surface area contributed by atoms with Gasteiger partial charge in [0.2, 0.25) is 0 Å². The third kappa shape index (κ3) is 4.88. The lowest BCUT2D eigenvalue weighted by atomic mass is 10.1. The number of hydrogen-bond acceptors (Lipinski definition) is 4. The van der Waals surface area contributed by atoms with Crippen molar-refractivity contribution >= 4 is 29.3 Å². The molecule has 0 unspecified atom stereocenters. The Bertz CT molecular complexity index is 854. The molecule has 146 valence electrons. The highest BCUT2D eigenvalue weighted by molar-refractivity contribution is 5.97. The molecule has 1 aliphatic rings. The number of carbonyl (C=O) groups is 3. The number of esters is 1. The Balaban J connectivity index is 1.39. The maximum absolute atomic E-state index is 12.5. The van der Waals surface area contributed by atoms with Crippen LogP contribution in [0.1, 0.15) is 18.9 Å². The van der Waals surface area contributed by atoms with Crippen LogP contribution in [-0.4, -0.2) is 37.1 Å². The number of fused-ring (bicyclic) bond motifs is 1. The van der Waals surface area contributed by atoms with Crippen LogP contribution in [0.25, 0.3) is 0 Å². The first-order valence-corrected chi connectivity index (χ1v) is 9.20. The molecule has 0 bridgehead atoms. The number of hydrogen-bond donors (Lipinski definition) is 2. The number of carbonyl (C=O) groups excluding carboxylic acids is 3. The first kappa shape index (κ1) is 19.4. The van der Waals surface area contributed by atoms with Gasteiger partial charge in [-0.1, -0.05) is 36.4 Å². The minimum Gasteiger partial charge on any atom is -0.455 e. The first-order valence-electron chi connectivity index (χ1n) is 9.20. The Morgan fingerprint density at radius 1 is 1.07 bits per heavy atom. The molecule has 28 heavy (non-hydrogen) atoms. The molecule has 0 fully saturated rings. The van der Waals surface area contributed by atoms with Crippen LogP contribution in [0.15, 0.2) is 54.6 Å². The third-order valence-electron chi connectivity index (χ3n) is 4.48. The molecule has 1 atom stereocenters. The van der Waals surface area contributed by atoms with Gasteiger partial charge in [0, 0.05) is 24.0 Å². The summed E-state index contributed by atoms with van der Waals surface area (Å²) in [5.74, 6) is -0.783. The summed E-state index contributed by atoms with van der Waals surface area (Å²) in [5.41, 5.74) is 2.65. The van der Waals surface area contributed by atoms with E-state index < -0.39 is 12.0 Å². The second-order valence-corrected chi connectivity index (χ2v) is 6.60. The van der Waals surface area contributed by atoms with Crippen molar-refractivity contribution in [1.29, 1.82) is 0 Å². The lowest BCUT2D eigenvalue weighted by Crippen LogP contribution is -2.39. The van der Waals surface area contributed by atoms with Gasteiger partial charge in [-0.3, -0.25) is 9.59 Å². The van der Waals surface area contributed by atoms with Gasteiger partial charge < -0.3 is 20.3 Å². The van der Waals surface area contributed by atoms with Crippen LogP contribution in [0.2, 0.25) is 0 Å². The molecular formula is C21H23N3O4. The van der Waals surface area contributed by atoms with Crippen LogP contribution in [0.4, 0.5) is 16.2 Å². The van der Waals surface area contributed by atoms with Crippen LogP contribution in [0.3, 0.4) is 0 Å². The van der Waals surface area contributed by atoms with Gasteiger partial charge in [0.1, 0.15) is 0 Å². The molecular weight excluding hydrogens is 358 g/mol. The summed E-state index contributed by atoms with van der Waals surface area (Å²) in [6.07, 6.45) is 0.776. The van der Waals surface area contributed by atoms with Crippen molar-refractivity contribution in [3.63, 3.8) is 0 Å². The number of nitrogens with zero attached hydrogens (tertiary/aromatic N) is 1. The highest BCUT2D eigenvalue weighted by Crippen LogP contribution is 2.31. The summed E-state index contributed by atoms with van der Waals surface area (Å²) < 4.78 is 5.08. The molecule has 0 aliphatic carbocycles. The van der Waals surface area contributed by atoms with Crippen molar-refractivity contribution in [1.82, 2.24) is 5.32 Å². The van der Waals surface area contributed by atoms with Gasteiger partial charge in [-0.25, -0.2) is 4.79 Å². The Morgan fingerprint density at radius 3 is 2.57 bits per heavy atom. The molecule has 2 N–H and O–H groups in total. The van der Waals surface area contributed by atoms with E-state index in [0.29, 0.717) is 5.69 Å². The number of amides is 3. The predicted molar refractivity (Wildman–Crippen MR) is 106 cm³/mol. The lowest BCUT2D eigenvalue weighted by Gasteiger charge is -2.22. The predicted octanol–water partition coefficient (Wildman–Crippen LogP) is 2.72. The summed E-state index contributed by atoms with van der Waals surface area (Å²) in [6, 6.07) is 16.3. The third-order valence-corrected chi connectivity index (χ3v) is 4.48. The maximum atomic E-state index is 12.5. The molecule has 0 spiro atoms. The Morgan fingerprint density at radius 2 is 1.79 bits per heavy atom. The van der Waals surface area contributed by atoms with E-state index in [2.05, 4.69) is 10.6 Å². The van der Waals surface area contributed by atoms with Gasteiger partial charge in [-0.15, -0.1) is 0 Å². The number of ether oxygens (including phenoxy) is 1. The van der Waals surface area contributed by atoms with E-state index in [1.807, 2.05) is 49.4 Å². The Labute approximate surface area is 163 Å². The smallest absolute Gasteiger partial charge is 0.319 e. The summed E-state index contributed by atoms with van der Waals surface area (Å²) in [4.78, 5) is 37.8. The van der Waals surface area contributed by atoms with Gasteiger partial charge in [0.25, 0.3) is 5.91 Å². The molecule has 7 nitrogen and oxygen atoms in total. The summed E-state index contributed by atoms with van der Waals surface area (Å²) in [5, 5.41) is 5.23. The zero-order chi connectivity index (χ0) is 19.9. The van der Waals surface area contributed by atoms with E-state index >= 15 is 0 Å². The Kier molecular flexibility index (Phi) is 6.26. The molecule has 7 heteroatoms. The van der Waals surface area contributed by atoms with Crippen LogP contribution >= 0.6 is 0 Å². The standard InChI is InChI=1S/C21H23N3O4/c1-15-13-16-7-5-6-10-18(16)24(15)19(25)14-28-20(26)11-12-22-21(27)23-17-8-3-2-4-9-17/h2-10,15H,11-14H2,1H3,(H2,22,23,27)/t15-/m1/s1. The van der Waals surface area contributed by atoms with E-state index in [0.717, 1.165) is 17.7 Å². The van der Waals surface area contributed by atoms with Crippen molar-refractivity contribution in [2.24, 2.45) is 0 Å². The van der Waals surface area contributed by atoms with Crippen molar-refractivity contribution < 1.29 is 19.1 Å². The molecule has 2 aromatic carbocycles. The summed E-state index contributed by atoms with van der Waals surface area (Å²) in [6.45, 7) is 1.78. The normalized spacial score (nSPS) is 14.9. The maximum Gasteiger partial charge on any atom is 0.319 e. The molecule has 0 saturated carbocycles. The van der Waals surface area contributed by atoms with Gasteiger partial charge in [-0.2, -0.15) is 0 Å². The van der Waals surface area contributed by atoms with Gasteiger partial charge in [-0.05, 0) is 37.1 Å². The molecule has 0 radical (unpaired) electrons. The van der Waals surface area contributed by atoms with E-state index in [1.54, 1.807) is 17.0 Å². The van der Waals surface area contributed by atoms with E-state index in [9.17, 15) is 14.4 Å². The number of benzene rings is 2. The van der Waals surface area contributed by atoms with Crippen molar-refractivity contribution in [2.45, 2.75) is 25.8 Å². The van der Waals surface area contributed by atoms with Crippen molar-refractivity contribution in [2.75, 3.05) is 23.4 Å². The van der Waals surface area contributed by atoms with E-state index in [-0.39, 0.29) is 31.5 Å². The average molecular weight is 381 g/mol. The van der Waals surface area contributed by atoms with Crippen molar-refractivity contribution in [3.05, 3.63) is 60.2 Å². The second kappa shape index (κ2) is 9.03. The fourth-order valence-electron chi connectivity index (χ4n) is 3.20. The number of nitrogens with one attached hydrogen (secondary N) is 2. The minimum absolute atomic E-state index is 0.0123. The SMILES string of the molecule is C[C@@H]1Cc2ccccc2N1C(=O)COC(=O)CCNC(=O)Nc1ccccc1. The first-order chi connectivity index (χ1) is 13.5. The van der Waals surface area contributed by atoms with E-state index in [4.69, 9.17) is 4.74 Å². The van der Waals surface area contributed by atoms with Crippen LogP contribution in [-0.2, 0) is 20.7 Å². The summed E-state index contributed by atoms with van der Waals surface area (Å²) in [7, 11) is 0. The lowest BCUT2D eigenvalue weighted by molar-refractivity contribution is -0.147.